The van der Waals surface area contributed by atoms with Crippen LogP contribution in [0.2, 0.25) is 0 Å². The van der Waals surface area contributed by atoms with Crippen LogP contribution in [0.15, 0.2) is 150 Å². The lowest BCUT2D eigenvalue weighted by molar-refractivity contribution is -0.120. The first-order chi connectivity index (χ1) is 49.9. The average Bonchev–Trinajstić information content (AvgIpc) is 1.61. The number of carbonyl (C=O) groups is 4. The Bertz CT molecular complexity index is 4570. The van der Waals surface area contributed by atoms with Crippen LogP contribution >= 0.6 is 34.4 Å². The maximum Gasteiger partial charge on any atom is 0.294 e. The number of hydrogen-bond acceptors (Lipinski definition) is 30. The summed E-state index contributed by atoms with van der Waals surface area (Å²) in [7, 11) is -6.14. The summed E-state index contributed by atoms with van der Waals surface area (Å²) in [5.74, 6) is -0.567. The van der Waals surface area contributed by atoms with Gasteiger partial charge in [-0.3, -0.25) is 28.3 Å². The molecule has 2 fully saturated rings. The Morgan fingerprint density at radius 3 is 1.36 bits per heavy atom. The standard InChI is InChI=1S/C68H75N17O14S5/c1-9-82(10-2)54-36-50(52(38-56(54)96-7)78-80-67-73-60(84-24-28-98-29-25-84)58(101-67)34-48(41(5)86)62(88)69-44-20-16-22-46(32-44)103(90,91)92)71-64-75-65(77-66(76-64)100-40-43-18-14-13-15-19-43)72-51-37-55(83(11-3)12-4)57(97-8)39-53(51)79-81-68-74-61(85-26-30-99-31-27-85)59(102-68)35-49(42(6)87)63(89)70-45-21-17-23-47(33-45)104(93,94)95/h13-23,32-39H,9-12,24-31,40H2,1-8H3,(H,69,88)(H,70,89)(H,90,91,92)(H,93,94,95)(H2,71,72,75,76,77). The molecule has 0 bridgehead atoms. The largest absolute Gasteiger partial charge is 0.494 e. The van der Waals surface area contributed by atoms with E-state index < -0.39 is 53.4 Å². The molecular formula is C68H75N17O14S5. The van der Waals surface area contributed by atoms with Crippen LogP contribution in [0.5, 0.6) is 11.5 Å². The Hall–Kier alpha value is -10.2. The minimum absolute atomic E-state index is 0.0151. The van der Waals surface area contributed by atoms with Gasteiger partial charge >= 0.3 is 0 Å². The first-order valence-electron chi connectivity index (χ1n) is 32.6. The van der Waals surface area contributed by atoms with E-state index in [1.165, 1.54) is 62.0 Å². The Kier molecular flexibility index (Phi) is 25.6. The molecule has 31 nitrogen and oxygen atoms in total. The number of amides is 2. The molecule has 36 heteroatoms. The number of benzene rings is 5. The van der Waals surface area contributed by atoms with Crippen LogP contribution in [0.3, 0.4) is 0 Å². The van der Waals surface area contributed by atoms with Crippen LogP contribution < -0.4 is 50.3 Å². The monoisotopic (exact) mass is 1510 g/mol. The lowest BCUT2D eigenvalue weighted by atomic mass is 10.1. The molecule has 0 spiro atoms. The molecule has 2 aliphatic rings. The molecule has 8 aromatic rings. The van der Waals surface area contributed by atoms with E-state index in [0.717, 1.165) is 52.5 Å². The fraction of sp³-hybridized carbons (Fsp3) is 0.309. The van der Waals surface area contributed by atoms with Gasteiger partial charge in [-0.1, -0.05) is 76.9 Å². The molecular weight excluding hydrogens is 1440 g/mol. The molecule has 5 heterocycles. The van der Waals surface area contributed by atoms with Gasteiger partial charge in [0, 0.05) is 81.6 Å². The van der Waals surface area contributed by atoms with E-state index in [4.69, 9.17) is 54.1 Å². The van der Waals surface area contributed by atoms with Crippen molar-refractivity contribution in [2.24, 2.45) is 20.5 Å². The van der Waals surface area contributed by atoms with Gasteiger partial charge in [0.1, 0.15) is 34.5 Å². The summed E-state index contributed by atoms with van der Waals surface area (Å²) in [6, 6.07) is 26.9. The number of methoxy groups -OCH3 is 2. The van der Waals surface area contributed by atoms with Gasteiger partial charge < -0.3 is 59.8 Å². The zero-order chi connectivity index (χ0) is 74.2. The van der Waals surface area contributed by atoms with Gasteiger partial charge in [0.15, 0.2) is 16.7 Å². The fourth-order valence-corrected chi connectivity index (χ4v) is 14.4. The quantitative estimate of drug-likeness (QED) is 0.00587. The van der Waals surface area contributed by atoms with E-state index in [0.29, 0.717) is 145 Å². The third kappa shape index (κ3) is 19.6. The predicted molar refractivity (Wildman–Crippen MR) is 401 cm³/mol. The molecule has 0 saturated carbocycles. The van der Waals surface area contributed by atoms with Crippen molar-refractivity contribution in [1.82, 2.24) is 24.9 Å². The molecule has 6 N–H and O–H groups in total. The summed E-state index contributed by atoms with van der Waals surface area (Å²) in [5, 5.41) is 31.5. The van der Waals surface area contributed by atoms with E-state index in [9.17, 15) is 45.1 Å². The van der Waals surface area contributed by atoms with E-state index in [-0.39, 0.29) is 56.1 Å². The van der Waals surface area contributed by atoms with Gasteiger partial charge in [-0.2, -0.15) is 41.8 Å². The highest BCUT2D eigenvalue weighted by Gasteiger charge is 2.28. The number of azo groups is 2. The smallest absolute Gasteiger partial charge is 0.294 e. The molecule has 0 aliphatic carbocycles. The molecule has 546 valence electrons. The lowest BCUT2D eigenvalue weighted by Crippen LogP contribution is -2.36. The molecule has 2 amide bonds. The Morgan fingerprint density at radius 1 is 0.567 bits per heavy atom. The van der Waals surface area contributed by atoms with Gasteiger partial charge in [-0.05, 0) is 108 Å². The summed E-state index contributed by atoms with van der Waals surface area (Å²) in [6.07, 6.45) is 2.79. The Labute approximate surface area is 612 Å². The van der Waals surface area contributed by atoms with Gasteiger partial charge in [0.2, 0.25) is 22.2 Å². The third-order valence-corrected chi connectivity index (χ3v) is 20.4. The highest BCUT2D eigenvalue weighted by molar-refractivity contribution is 7.98. The zero-order valence-electron chi connectivity index (χ0n) is 57.8. The lowest BCUT2D eigenvalue weighted by Gasteiger charge is -2.27. The normalized spacial score (nSPS) is 13.8. The van der Waals surface area contributed by atoms with Crippen LogP contribution in [0.4, 0.5) is 79.3 Å². The second-order valence-corrected chi connectivity index (χ2v) is 28.6. The number of nitrogens with one attached hydrogen (secondary N) is 4. The summed E-state index contributed by atoms with van der Waals surface area (Å²) in [4.78, 5) is 86.9. The number of nitrogens with zero attached hydrogens (tertiary/aromatic N) is 13. The van der Waals surface area contributed by atoms with Crippen LogP contribution in [-0.4, -0.2) is 167 Å². The SMILES string of the molecule is CCN(CC)c1cc(Nc2nc(Nc3cc(N(CC)CC)c(OC)cc3N=Nc3nc(N4CCOCC4)c(C=C(C(C)=O)C(=O)Nc4cccc(S(=O)(=O)O)c4)s3)nc(SCc3ccccc3)n2)c(N=Nc2nc(N3CCOCC3)c(C=C(C(C)=O)C(=O)Nc3cccc(S(=O)(=O)O)c3)s2)cc1OC. The predicted octanol–water partition coefficient (Wildman–Crippen LogP) is 12.5. The molecule has 104 heavy (non-hydrogen) atoms. The second-order valence-electron chi connectivity index (χ2n) is 22.8. The minimum Gasteiger partial charge on any atom is -0.494 e. The number of carbonyl (C=O) groups excluding carboxylic acids is 4. The maximum absolute atomic E-state index is 13.9. The van der Waals surface area contributed by atoms with Crippen LogP contribution in [-0.2, 0) is 54.6 Å². The third-order valence-electron chi connectivity index (χ3n) is 16.1. The number of morpholine rings is 2. The van der Waals surface area contributed by atoms with Gasteiger partial charge in [-0.25, -0.2) is 0 Å². The van der Waals surface area contributed by atoms with Gasteiger partial charge in [-0.15, -0.1) is 20.5 Å². The number of rotatable bonds is 31. The summed E-state index contributed by atoms with van der Waals surface area (Å²) < 4.78 is 90.5. The number of ketones is 2. The summed E-state index contributed by atoms with van der Waals surface area (Å²) in [6.45, 7) is 16.0. The molecule has 0 radical (unpaired) electrons. The summed E-state index contributed by atoms with van der Waals surface area (Å²) >= 11 is 3.47. The average molecular weight is 1510 g/mol. The van der Waals surface area contributed by atoms with Crippen molar-refractivity contribution in [3.63, 3.8) is 0 Å². The molecule has 0 unspecified atom stereocenters. The van der Waals surface area contributed by atoms with Crippen molar-refractivity contribution < 1.29 is 64.1 Å². The van der Waals surface area contributed by atoms with E-state index in [2.05, 4.69) is 41.3 Å². The zero-order valence-corrected chi connectivity index (χ0v) is 61.9. The number of thioether (sulfide) groups is 1. The van der Waals surface area contributed by atoms with E-state index >= 15 is 0 Å². The van der Waals surface area contributed by atoms with Crippen molar-refractivity contribution >= 4 is 169 Å². The van der Waals surface area contributed by atoms with Gasteiger partial charge in [0.25, 0.3) is 32.1 Å². The van der Waals surface area contributed by atoms with Crippen molar-refractivity contribution in [1.29, 1.82) is 0 Å². The Morgan fingerprint density at radius 2 is 0.981 bits per heavy atom. The number of anilines is 10. The second kappa shape index (κ2) is 34.9. The maximum atomic E-state index is 13.9. The van der Waals surface area contributed by atoms with Crippen molar-refractivity contribution in [2.45, 2.75) is 62.2 Å². The van der Waals surface area contributed by atoms with Crippen LogP contribution in [0.1, 0.15) is 56.9 Å². The number of Topliss-reactive ketones (excluding diaryl/α,β-unsaturated/α-hetero) is 2. The van der Waals surface area contributed by atoms with Crippen molar-refractivity contribution in [3.8, 4) is 11.5 Å². The first-order valence-corrected chi connectivity index (χ1v) is 38.1. The highest BCUT2D eigenvalue weighted by atomic mass is 32.2. The first kappa shape index (κ1) is 76.5. The van der Waals surface area contributed by atoms with Crippen LogP contribution in [0, 0.1) is 0 Å². The molecule has 3 aromatic heterocycles. The topological polar surface area (TPSA) is 389 Å². The van der Waals surface area contributed by atoms with E-state index in [1.807, 2.05) is 80.0 Å². The van der Waals surface area contributed by atoms with Crippen LogP contribution in [0.25, 0.3) is 12.2 Å². The number of thiazole rings is 2. The van der Waals surface area contributed by atoms with Crippen molar-refractivity contribution in [2.75, 3.05) is 134 Å². The molecule has 2 aliphatic heterocycles. The number of hydrogen-bond donors (Lipinski definition) is 6. The minimum atomic E-state index is -4.61. The molecule has 2 saturated heterocycles. The highest BCUT2D eigenvalue weighted by Crippen LogP contribution is 2.45. The molecule has 5 aromatic carbocycles. The summed E-state index contributed by atoms with van der Waals surface area (Å²) in [5.41, 5.74) is 3.13. The number of aromatic nitrogens is 5. The fourth-order valence-electron chi connectivity index (χ4n) is 10.8. The Balaban J connectivity index is 1.05. The molecule has 0 atom stereocenters. The number of ether oxygens (including phenoxy) is 4. The van der Waals surface area contributed by atoms with Gasteiger partial charge in [0.05, 0.1) is 94.1 Å². The van der Waals surface area contributed by atoms with E-state index in [1.54, 1.807) is 26.4 Å². The van der Waals surface area contributed by atoms with Crippen molar-refractivity contribution in [3.05, 3.63) is 130 Å². The molecule has 10 rings (SSSR count).